The van der Waals surface area contributed by atoms with Crippen LogP contribution >= 0.6 is 0 Å². The molecule has 1 aromatic carbocycles. The number of esters is 1. The van der Waals surface area contributed by atoms with E-state index in [-0.39, 0.29) is 12.3 Å². The van der Waals surface area contributed by atoms with Gasteiger partial charge in [-0.1, -0.05) is 17.3 Å². The number of hydrogen-bond acceptors (Lipinski definition) is 6. The number of carbonyl (C=O) groups is 1. The highest BCUT2D eigenvalue weighted by atomic mass is 16.5. The topological polar surface area (TPSA) is 86.5 Å². The number of aromatic nitrogens is 3. The van der Waals surface area contributed by atoms with Gasteiger partial charge in [0.25, 0.3) is 0 Å². The van der Waals surface area contributed by atoms with Crippen LogP contribution < -0.4 is 4.74 Å². The molecule has 0 radical (unpaired) electrons. The number of nitrogens with zero attached hydrogens (tertiary/aromatic N) is 3. The molecular formula is C13H15N3O4. The second kappa shape index (κ2) is 6.16. The summed E-state index contributed by atoms with van der Waals surface area (Å²) < 4.78 is 11.2. The van der Waals surface area contributed by atoms with Crippen LogP contribution in [0.15, 0.2) is 24.3 Å². The van der Waals surface area contributed by atoms with Crippen molar-refractivity contribution in [2.24, 2.45) is 0 Å². The van der Waals surface area contributed by atoms with E-state index in [4.69, 9.17) is 4.74 Å². The molecule has 1 heterocycles. The molecule has 106 valence electrons. The van der Waals surface area contributed by atoms with Crippen molar-refractivity contribution in [2.45, 2.75) is 13.2 Å². The van der Waals surface area contributed by atoms with Crippen LogP contribution in [0.3, 0.4) is 0 Å². The molecule has 20 heavy (non-hydrogen) atoms. The highest BCUT2D eigenvalue weighted by Crippen LogP contribution is 2.15. The van der Waals surface area contributed by atoms with E-state index in [1.54, 1.807) is 7.11 Å². The number of ether oxygens (including phenoxy) is 2. The Labute approximate surface area is 115 Å². The maximum atomic E-state index is 11.5. The maximum Gasteiger partial charge on any atom is 0.360 e. The minimum atomic E-state index is -0.619. The summed E-state index contributed by atoms with van der Waals surface area (Å²) in [4.78, 5) is 11.5. The molecule has 0 unspecified atom stereocenters. The Morgan fingerprint density at radius 3 is 2.85 bits per heavy atom. The average Bonchev–Trinajstić information content (AvgIpc) is 2.89. The van der Waals surface area contributed by atoms with Gasteiger partial charge >= 0.3 is 5.97 Å². The molecule has 2 aromatic rings. The summed E-state index contributed by atoms with van der Waals surface area (Å²) in [5.74, 6) is 0.104. The van der Waals surface area contributed by atoms with Crippen LogP contribution in [0.4, 0.5) is 0 Å². The first-order chi connectivity index (χ1) is 9.69. The average molecular weight is 277 g/mol. The Balaban J connectivity index is 2.29. The van der Waals surface area contributed by atoms with Crippen LogP contribution in [-0.4, -0.2) is 40.3 Å². The lowest BCUT2D eigenvalue weighted by atomic mass is 10.2. The van der Waals surface area contributed by atoms with Crippen molar-refractivity contribution < 1.29 is 19.4 Å². The zero-order valence-corrected chi connectivity index (χ0v) is 11.2. The lowest BCUT2D eigenvalue weighted by molar-refractivity contribution is 0.0590. The van der Waals surface area contributed by atoms with Gasteiger partial charge in [-0.25, -0.2) is 9.48 Å². The third kappa shape index (κ3) is 2.77. The summed E-state index contributed by atoms with van der Waals surface area (Å²) in [6, 6.07) is 7.42. The van der Waals surface area contributed by atoms with Crippen molar-refractivity contribution in [3.05, 3.63) is 41.2 Å². The van der Waals surface area contributed by atoms with Gasteiger partial charge in [0.1, 0.15) is 5.75 Å². The van der Waals surface area contributed by atoms with E-state index >= 15 is 0 Å². The minimum absolute atomic E-state index is 0.0258. The lowest BCUT2D eigenvalue weighted by Gasteiger charge is -2.07. The molecule has 0 aliphatic heterocycles. The fourth-order valence-electron chi connectivity index (χ4n) is 1.82. The maximum absolute atomic E-state index is 11.5. The fourth-order valence-corrected chi connectivity index (χ4v) is 1.82. The highest BCUT2D eigenvalue weighted by Gasteiger charge is 2.19. The van der Waals surface area contributed by atoms with Gasteiger partial charge < -0.3 is 14.6 Å². The Morgan fingerprint density at radius 2 is 2.20 bits per heavy atom. The number of hydrogen-bond donors (Lipinski definition) is 1. The standard InChI is InChI=1S/C13H15N3O4/c1-19-10-5-3-4-9(6-10)7-16-11(8-17)12(14-15-16)13(18)20-2/h3-6,17H,7-8H2,1-2H3. The van der Waals surface area contributed by atoms with Crippen LogP contribution in [-0.2, 0) is 17.9 Å². The van der Waals surface area contributed by atoms with Gasteiger partial charge in [-0.2, -0.15) is 0 Å². The van der Waals surface area contributed by atoms with Crippen molar-refractivity contribution in [3.8, 4) is 5.75 Å². The number of rotatable bonds is 5. The van der Waals surface area contributed by atoms with Gasteiger partial charge in [0.2, 0.25) is 0 Å². The molecule has 7 nitrogen and oxygen atoms in total. The molecule has 1 aromatic heterocycles. The van der Waals surface area contributed by atoms with Crippen LogP contribution in [0.25, 0.3) is 0 Å². The first-order valence-electron chi connectivity index (χ1n) is 5.94. The first kappa shape index (κ1) is 14.0. The zero-order valence-electron chi connectivity index (χ0n) is 11.2. The van der Waals surface area contributed by atoms with Crippen molar-refractivity contribution >= 4 is 5.97 Å². The molecule has 0 fully saturated rings. The van der Waals surface area contributed by atoms with Crippen LogP contribution in [0, 0.1) is 0 Å². The van der Waals surface area contributed by atoms with Gasteiger partial charge in [-0.05, 0) is 17.7 Å². The van der Waals surface area contributed by atoms with Crippen molar-refractivity contribution in [3.63, 3.8) is 0 Å². The number of aliphatic hydroxyl groups excluding tert-OH is 1. The van der Waals surface area contributed by atoms with Gasteiger partial charge in [-0.15, -0.1) is 5.10 Å². The second-order valence-corrected chi connectivity index (χ2v) is 4.04. The third-order valence-corrected chi connectivity index (χ3v) is 2.83. The van der Waals surface area contributed by atoms with Crippen molar-refractivity contribution in [1.82, 2.24) is 15.0 Å². The number of carbonyl (C=O) groups excluding carboxylic acids is 1. The number of methoxy groups -OCH3 is 2. The Bertz CT molecular complexity index is 609. The molecule has 0 saturated heterocycles. The predicted molar refractivity (Wildman–Crippen MR) is 69.4 cm³/mol. The van der Waals surface area contributed by atoms with Gasteiger partial charge in [0, 0.05) is 0 Å². The molecule has 0 aliphatic rings. The van der Waals surface area contributed by atoms with E-state index in [1.165, 1.54) is 11.8 Å². The molecule has 0 amide bonds. The van der Waals surface area contributed by atoms with E-state index < -0.39 is 5.97 Å². The van der Waals surface area contributed by atoms with Crippen LogP contribution in [0.5, 0.6) is 5.75 Å². The van der Waals surface area contributed by atoms with E-state index in [2.05, 4.69) is 15.0 Å². The van der Waals surface area contributed by atoms with Gasteiger partial charge in [-0.3, -0.25) is 0 Å². The smallest absolute Gasteiger partial charge is 0.360 e. The Morgan fingerprint density at radius 1 is 1.40 bits per heavy atom. The summed E-state index contributed by atoms with van der Waals surface area (Å²) in [5.41, 5.74) is 1.26. The summed E-state index contributed by atoms with van der Waals surface area (Å²) in [5, 5.41) is 17.0. The number of benzene rings is 1. The van der Waals surface area contributed by atoms with E-state index in [9.17, 15) is 9.90 Å². The third-order valence-electron chi connectivity index (χ3n) is 2.83. The van der Waals surface area contributed by atoms with Crippen molar-refractivity contribution in [1.29, 1.82) is 0 Å². The summed E-state index contributed by atoms with van der Waals surface area (Å²) in [6.07, 6.45) is 0. The van der Waals surface area contributed by atoms with E-state index in [0.29, 0.717) is 12.2 Å². The van der Waals surface area contributed by atoms with Crippen LogP contribution in [0.2, 0.25) is 0 Å². The zero-order chi connectivity index (χ0) is 14.5. The number of aliphatic hydroxyl groups is 1. The summed E-state index contributed by atoms with van der Waals surface area (Å²) >= 11 is 0. The minimum Gasteiger partial charge on any atom is -0.497 e. The van der Waals surface area contributed by atoms with Gasteiger partial charge in [0.15, 0.2) is 5.69 Å². The molecule has 7 heteroatoms. The molecule has 0 bridgehead atoms. The summed E-state index contributed by atoms with van der Waals surface area (Å²) in [7, 11) is 2.84. The second-order valence-electron chi connectivity index (χ2n) is 4.04. The Hall–Kier alpha value is -2.41. The molecule has 0 saturated carbocycles. The molecule has 0 spiro atoms. The molecule has 0 aliphatic carbocycles. The van der Waals surface area contributed by atoms with E-state index in [1.807, 2.05) is 24.3 Å². The first-order valence-corrected chi connectivity index (χ1v) is 5.94. The normalized spacial score (nSPS) is 10.3. The van der Waals surface area contributed by atoms with Crippen molar-refractivity contribution in [2.75, 3.05) is 14.2 Å². The molecular weight excluding hydrogens is 262 g/mol. The lowest BCUT2D eigenvalue weighted by Crippen LogP contribution is -2.10. The monoisotopic (exact) mass is 277 g/mol. The van der Waals surface area contributed by atoms with Gasteiger partial charge in [0.05, 0.1) is 33.1 Å². The van der Waals surface area contributed by atoms with Crippen LogP contribution in [0.1, 0.15) is 21.7 Å². The summed E-state index contributed by atoms with van der Waals surface area (Å²) in [6.45, 7) is 0.0263. The molecule has 0 atom stereocenters. The SMILES string of the molecule is COC(=O)c1nnn(Cc2cccc(OC)c2)c1CO. The largest absolute Gasteiger partial charge is 0.497 e. The fraction of sp³-hybridized carbons (Fsp3) is 0.308. The Kier molecular flexibility index (Phi) is 4.31. The van der Waals surface area contributed by atoms with E-state index in [0.717, 1.165) is 11.3 Å². The highest BCUT2D eigenvalue weighted by molar-refractivity contribution is 5.88. The quantitative estimate of drug-likeness (QED) is 0.806. The molecule has 2 rings (SSSR count). The molecule has 1 N–H and O–H groups in total. The predicted octanol–water partition coefficient (Wildman–Crippen LogP) is 0.614.